The number of alkyl halides is 3. The normalized spacial score (nSPS) is 15.5. The minimum absolute atomic E-state index is 0.253. The van der Waals surface area contributed by atoms with Gasteiger partial charge in [-0.2, -0.15) is 13.2 Å². The van der Waals surface area contributed by atoms with Crippen LogP contribution >= 0.6 is 11.3 Å². The number of aromatic amines is 1. The number of nitrogens with one attached hydrogen (secondary N) is 1. The first-order chi connectivity index (χ1) is 11.9. The van der Waals surface area contributed by atoms with E-state index in [1.165, 1.54) is 15.0 Å². The lowest BCUT2D eigenvalue weighted by molar-refractivity contribution is -0.145. The van der Waals surface area contributed by atoms with Crippen molar-refractivity contribution < 1.29 is 13.2 Å². The fraction of sp³-hybridized carbons (Fsp3) is 0.294. The Morgan fingerprint density at radius 2 is 2.08 bits per heavy atom. The minimum atomic E-state index is -4.64. The molecule has 0 spiro atoms. The zero-order valence-electron chi connectivity index (χ0n) is 13.1. The van der Waals surface area contributed by atoms with E-state index in [2.05, 4.69) is 22.0 Å². The second-order valence-electron chi connectivity index (χ2n) is 6.05. The molecule has 0 saturated heterocycles. The second-order valence-corrected chi connectivity index (χ2v) is 7.22. The molecule has 1 aliphatic heterocycles. The molecule has 0 amide bonds. The number of hydrogen-bond donors (Lipinski definition) is 1. The summed E-state index contributed by atoms with van der Waals surface area (Å²) in [5.41, 5.74) is -0.109. The first kappa shape index (κ1) is 16.3. The van der Waals surface area contributed by atoms with Gasteiger partial charge in [-0.3, -0.25) is 9.69 Å². The van der Waals surface area contributed by atoms with E-state index in [1.807, 2.05) is 23.2 Å². The summed E-state index contributed by atoms with van der Waals surface area (Å²) >= 11 is 1.69. The predicted octanol–water partition coefficient (Wildman–Crippen LogP) is 3.56. The van der Waals surface area contributed by atoms with Crippen LogP contribution in [-0.4, -0.2) is 21.4 Å². The van der Waals surface area contributed by atoms with Crippen molar-refractivity contribution in [2.24, 2.45) is 0 Å². The molecule has 2 aromatic heterocycles. The Hall–Kier alpha value is -2.19. The van der Waals surface area contributed by atoms with Crippen LogP contribution in [-0.2, 0) is 25.7 Å². The SMILES string of the molecule is O=c1[nH]c(C(F)(F)F)nc2c1CN(Cc1cc3ccccc3s1)CC2. The zero-order valence-corrected chi connectivity index (χ0v) is 13.9. The molecule has 3 aromatic rings. The van der Waals surface area contributed by atoms with E-state index < -0.39 is 17.6 Å². The lowest BCUT2D eigenvalue weighted by Crippen LogP contribution is -2.36. The third kappa shape index (κ3) is 3.19. The Kier molecular flexibility index (Phi) is 3.88. The smallest absolute Gasteiger partial charge is 0.303 e. The summed E-state index contributed by atoms with van der Waals surface area (Å²) in [5.74, 6) is -1.21. The molecule has 0 radical (unpaired) electrons. The highest BCUT2D eigenvalue weighted by molar-refractivity contribution is 7.19. The number of benzene rings is 1. The van der Waals surface area contributed by atoms with Gasteiger partial charge in [-0.05, 0) is 17.5 Å². The van der Waals surface area contributed by atoms with E-state index in [0.717, 1.165) is 0 Å². The van der Waals surface area contributed by atoms with Gasteiger partial charge in [0.2, 0.25) is 5.82 Å². The molecule has 0 bridgehead atoms. The van der Waals surface area contributed by atoms with Crippen LogP contribution in [0.2, 0.25) is 0 Å². The lowest BCUT2D eigenvalue weighted by Gasteiger charge is -2.27. The number of fused-ring (bicyclic) bond motifs is 2. The zero-order chi connectivity index (χ0) is 17.6. The monoisotopic (exact) mass is 365 g/mol. The van der Waals surface area contributed by atoms with Crippen LogP contribution in [0.15, 0.2) is 35.1 Å². The molecule has 4 rings (SSSR count). The van der Waals surface area contributed by atoms with Gasteiger partial charge in [0.1, 0.15) is 0 Å². The summed E-state index contributed by atoms with van der Waals surface area (Å²) in [5, 5.41) is 1.18. The molecule has 0 unspecified atom stereocenters. The largest absolute Gasteiger partial charge is 0.449 e. The summed E-state index contributed by atoms with van der Waals surface area (Å²) in [6.07, 6.45) is -4.30. The van der Waals surface area contributed by atoms with Gasteiger partial charge in [-0.25, -0.2) is 4.98 Å². The fourth-order valence-corrected chi connectivity index (χ4v) is 4.19. The summed E-state index contributed by atoms with van der Waals surface area (Å²) in [4.78, 5) is 20.8. The van der Waals surface area contributed by atoms with E-state index >= 15 is 0 Å². The van der Waals surface area contributed by atoms with Crippen molar-refractivity contribution in [1.29, 1.82) is 0 Å². The van der Waals surface area contributed by atoms with E-state index in [-0.39, 0.29) is 5.69 Å². The van der Waals surface area contributed by atoms with Crippen molar-refractivity contribution in [2.45, 2.75) is 25.7 Å². The number of H-pyrrole nitrogens is 1. The molecular weight excluding hydrogens is 351 g/mol. The Balaban J connectivity index is 1.57. The van der Waals surface area contributed by atoms with Crippen molar-refractivity contribution in [2.75, 3.05) is 6.54 Å². The number of hydrogen-bond acceptors (Lipinski definition) is 4. The van der Waals surface area contributed by atoms with E-state index in [9.17, 15) is 18.0 Å². The van der Waals surface area contributed by atoms with Crippen LogP contribution in [0.25, 0.3) is 10.1 Å². The molecule has 1 N–H and O–H groups in total. The Labute approximate surface area is 144 Å². The number of halogens is 3. The molecule has 4 nitrogen and oxygen atoms in total. The molecule has 25 heavy (non-hydrogen) atoms. The first-order valence-corrected chi connectivity index (χ1v) is 8.61. The molecule has 3 heterocycles. The summed E-state index contributed by atoms with van der Waals surface area (Å²) in [6, 6.07) is 10.2. The van der Waals surface area contributed by atoms with Crippen LogP contribution in [0, 0.1) is 0 Å². The maximum Gasteiger partial charge on any atom is 0.449 e. The van der Waals surface area contributed by atoms with E-state index in [1.54, 1.807) is 11.3 Å². The maximum absolute atomic E-state index is 12.8. The average Bonchev–Trinajstić information content (AvgIpc) is 2.96. The number of aromatic nitrogens is 2. The molecule has 0 saturated carbocycles. The number of nitrogens with zero attached hydrogens (tertiary/aromatic N) is 2. The van der Waals surface area contributed by atoms with Crippen LogP contribution < -0.4 is 5.56 Å². The van der Waals surface area contributed by atoms with Crippen molar-refractivity contribution in [1.82, 2.24) is 14.9 Å². The summed E-state index contributed by atoms with van der Waals surface area (Å²) in [6.45, 7) is 1.55. The quantitative estimate of drug-likeness (QED) is 0.755. The van der Waals surface area contributed by atoms with E-state index in [0.29, 0.717) is 31.6 Å². The van der Waals surface area contributed by atoms with Crippen LogP contribution in [0.1, 0.15) is 22.0 Å². The molecule has 1 aliphatic rings. The van der Waals surface area contributed by atoms with Gasteiger partial charge in [-0.15, -0.1) is 11.3 Å². The van der Waals surface area contributed by atoms with E-state index in [4.69, 9.17) is 0 Å². The standard InChI is InChI=1S/C17H14F3N3OS/c18-17(19,20)16-21-13-5-6-23(9-12(13)15(24)22-16)8-11-7-10-3-1-2-4-14(10)25-11/h1-4,7H,5-6,8-9H2,(H,21,22,24). The van der Waals surface area contributed by atoms with Gasteiger partial charge >= 0.3 is 6.18 Å². The van der Waals surface area contributed by atoms with Gasteiger partial charge in [0.25, 0.3) is 5.56 Å². The van der Waals surface area contributed by atoms with Gasteiger partial charge in [0.15, 0.2) is 0 Å². The van der Waals surface area contributed by atoms with Crippen LogP contribution in [0.3, 0.4) is 0 Å². The van der Waals surface area contributed by atoms with Gasteiger partial charge in [0, 0.05) is 35.6 Å². The molecule has 0 atom stereocenters. The highest BCUT2D eigenvalue weighted by Gasteiger charge is 2.35. The highest BCUT2D eigenvalue weighted by Crippen LogP contribution is 2.29. The summed E-state index contributed by atoms with van der Waals surface area (Å²) < 4.78 is 39.5. The Morgan fingerprint density at radius 1 is 1.28 bits per heavy atom. The van der Waals surface area contributed by atoms with Gasteiger partial charge in [0.05, 0.1) is 11.3 Å². The third-order valence-electron chi connectivity index (χ3n) is 4.27. The maximum atomic E-state index is 12.8. The van der Waals surface area contributed by atoms with Crippen molar-refractivity contribution in [3.63, 3.8) is 0 Å². The molecule has 0 fully saturated rings. The molecule has 0 aliphatic carbocycles. The van der Waals surface area contributed by atoms with Crippen LogP contribution in [0.5, 0.6) is 0 Å². The van der Waals surface area contributed by atoms with Gasteiger partial charge < -0.3 is 4.98 Å². The average molecular weight is 365 g/mol. The Morgan fingerprint density at radius 3 is 2.84 bits per heavy atom. The molecule has 130 valence electrons. The van der Waals surface area contributed by atoms with Gasteiger partial charge in [-0.1, -0.05) is 18.2 Å². The van der Waals surface area contributed by atoms with Crippen molar-refractivity contribution >= 4 is 21.4 Å². The van der Waals surface area contributed by atoms with Crippen molar-refractivity contribution in [3.8, 4) is 0 Å². The fourth-order valence-electron chi connectivity index (χ4n) is 3.09. The Bertz CT molecular complexity index is 960. The summed E-state index contributed by atoms with van der Waals surface area (Å²) in [7, 11) is 0. The van der Waals surface area contributed by atoms with Crippen molar-refractivity contribution in [3.05, 3.63) is 62.6 Å². The first-order valence-electron chi connectivity index (χ1n) is 7.79. The highest BCUT2D eigenvalue weighted by atomic mass is 32.1. The number of thiophene rings is 1. The van der Waals surface area contributed by atoms with Crippen LogP contribution in [0.4, 0.5) is 13.2 Å². The molecule has 8 heteroatoms. The minimum Gasteiger partial charge on any atom is -0.303 e. The molecular formula is C17H14F3N3OS. The molecule has 1 aromatic carbocycles. The third-order valence-corrected chi connectivity index (χ3v) is 5.37. The lowest BCUT2D eigenvalue weighted by atomic mass is 10.1. The predicted molar refractivity (Wildman–Crippen MR) is 89.5 cm³/mol. The second kappa shape index (κ2) is 5.96. The topological polar surface area (TPSA) is 49.0 Å². The number of rotatable bonds is 2.